The SMILES string of the molecule is CC(CBr)CCC(=O)O. The van der Waals surface area contributed by atoms with Crippen LogP contribution in [0.1, 0.15) is 19.8 Å². The molecule has 0 radical (unpaired) electrons. The molecule has 0 saturated carbocycles. The Balaban J connectivity index is 3.16. The minimum absolute atomic E-state index is 0.284. The summed E-state index contributed by atoms with van der Waals surface area (Å²) in [6.45, 7) is 2.03. The van der Waals surface area contributed by atoms with Gasteiger partial charge in [-0.2, -0.15) is 0 Å². The molecule has 2 nitrogen and oxygen atoms in total. The van der Waals surface area contributed by atoms with Crippen LogP contribution < -0.4 is 0 Å². The van der Waals surface area contributed by atoms with Crippen LogP contribution in [-0.4, -0.2) is 16.4 Å². The van der Waals surface area contributed by atoms with Crippen molar-refractivity contribution in [2.75, 3.05) is 5.33 Å². The monoisotopic (exact) mass is 194 g/mol. The van der Waals surface area contributed by atoms with Crippen LogP contribution >= 0.6 is 15.9 Å². The van der Waals surface area contributed by atoms with Crippen molar-refractivity contribution in [3.8, 4) is 0 Å². The van der Waals surface area contributed by atoms with Crippen molar-refractivity contribution in [2.24, 2.45) is 5.92 Å². The smallest absolute Gasteiger partial charge is 0.303 e. The van der Waals surface area contributed by atoms with Crippen LogP contribution in [0.15, 0.2) is 0 Å². The van der Waals surface area contributed by atoms with Gasteiger partial charge in [0.25, 0.3) is 0 Å². The number of rotatable bonds is 4. The maximum atomic E-state index is 10.0. The van der Waals surface area contributed by atoms with E-state index in [0.29, 0.717) is 5.92 Å². The number of hydrogen-bond donors (Lipinski definition) is 1. The Morgan fingerprint density at radius 3 is 2.67 bits per heavy atom. The van der Waals surface area contributed by atoms with Gasteiger partial charge >= 0.3 is 5.97 Å². The van der Waals surface area contributed by atoms with E-state index in [-0.39, 0.29) is 6.42 Å². The zero-order valence-electron chi connectivity index (χ0n) is 5.43. The van der Waals surface area contributed by atoms with Gasteiger partial charge in [0.15, 0.2) is 0 Å². The molecule has 0 aromatic carbocycles. The Hall–Kier alpha value is -0.0500. The molecule has 54 valence electrons. The van der Waals surface area contributed by atoms with Gasteiger partial charge in [0.1, 0.15) is 0 Å². The lowest BCUT2D eigenvalue weighted by Gasteiger charge is -2.02. The van der Waals surface area contributed by atoms with E-state index in [4.69, 9.17) is 5.11 Å². The second-order valence-electron chi connectivity index (χ2n) is 2.19. The standard InChI is InChI=1S/C6H11BrO2/c1-5(4-7)2-3-6(8)9/h5H,2-4H2,1H3,(H,8,9). The lowest BCUT2D eigenvalue weighted by atomic mass is 10.1. The van der Waals surface area contributed by atoms with E-state index in [1.807, 2.05) is 6.92 Å². The van der Waals surface area contributed by atoms with E-state index in [1.165, 1.54) is 0 Å². The molecule has 9 heavy (non-hydrogen) atoms. The molecule has 0 aliphatic rings. The Bertz CT molecular complexity index is 93.1. The van der Waals surface area contributed by atoms with Crippen molar-refractivity contribution >= 4 is 21.9 Å². The highest BCUT2D eigenvalue weighted by Crippen LogP contribution is 2.07. The fourth-order valence-corrected chi connectivity index (χ4v) is 0.771. The van der Waals surface area contributed by atoms with Gasteiger partial charge in [0.05, 0.1) is 0 Å². The molecular weight excluding hydrogens is 184 g/mol. The minimum Gasteiger partial charge on any atom is -0.481 e. The number of aliphatic carboxylic acids is 1. The number of carbonyl (C=O) groups is 1. The van der Waals surface area contributed by atoms with Crippen molar-refractivity contribution in [2.45, 2.75) is 19.8 Å². The molecule has 0 fully saturated rings. The molecule has 0 spiro atoms. The van der Waals surface area contributed by atoms with Gasteiger partial charge in [0, 0.05) is 11.8 Å². The highest BCUT2D eigenvalue weighted by Gasteiger charge is 2.02. The van der Waals surface area contributed by atoms with Crippen LogP contribution in [0.3, 0.4) is 0 Å². The van der Waals surface area contributed by atoms with Crippen LogP contribution in [0.5, 0.6) is 0 Å². The predicted octanol–water partition coefficient (Wildman–Crippen LogP) is 1.88. The first-order chi connectivity index (χ1) is 4.16. The van der Waals surface area contributed by atoms with Crippen LogP contribution in [0.25, 0.3) is 0 Å². The van der Waals surface area contributed by atoms with E-state index in [2.05, 4.69) is 15.9 Å². The number of halogens is 1. The third kappa shape index (κ3) is 5.83. The molecule has 0 aliphatic carbocycles. The largest absolute Gasteiger partial charge is 0.481 e. The van der Waals surface area contributed by atoms with Gasteiger partial charge < -0.3 is 5.11 Å². The second-order valence-corrected chi connectivity index (χ2v) is 2.84. The van der Waals surface area contributed by atoms with Crippen molar-refractivity contribution in [1.29, 1.82) is 0 Å². The number of carboxylic acids is 1. The summed E-state index contributed by atoms with van der Waals surface area (Å²) in [5.41, 5.74) is 0. The van der Waals surface area contributed by atoms with Crippen molar-refractivity contribution in [3.05, 3.63) is 0 Å². The molecule has 3 heteroatoms. The maximum Gasteiger partial charge on any atom is 0.303 e. The molecule has 0 rings (SSSR count). The molecule has 0 heterocycles. The lowest BCUT2D eigenvalue weighted by Crippen LogP contribution is -2.01. The van der Waals surface area contributed by atoms with Gasteiger partial charge in [-0.15, -0.1) is 0 Å². The zero-order chi connectivity index (χ0) is 7.28. The molecule has 1 N–H and O–H groups in total. The predicted molar refractivity (Wildman–Crippen MR) is 39.8 cm³/mol. The summed E-state index contributed by atoms with van der Waals surface area (Å²) in [7, 11) is 0. The second kappa shape index (κ2) is 4.79. The fourth-order valence-electron chi connectivity index (χ4n) is 0.447. The van der Waals surface area contributed by atoms with Gasteiger partial charge in [-0.05, 0) is 12.3 Å². The topological polar surface area (TPSA) is 37.3 Å². The molecule has 0 aliphatic heterocycles. The molecule has 1 atom stereocenters. The van der Waals surface area contributed by atoms with Crippen LogP contribution in [0.4, 0.5) is 0 Å². The normalized spacial score (nSPS) is 13.1. The van der Waals surface area contributed by atoms with E-state index in [0.717, 1.165) is 11.8 Å². The van der Waals surface area contributed by atoms with Gasteiger partial charge in [-0.3, -0.25) is 4.79 Å². The van der Waals surface area contributed by atoms with E-state index in [9.17, 15) is 4.79 Å². The number of alkyl halides is 1. The summed E-state index contributed by atoms with van der Waals surface area (Å²) in [5, 5.41) is 9.13. The summed E-state index contributed by atoms with van der Waals surface area (Å²) in [6, 6.07) is 0. The van der Waals surface area contributed by atoms with E-state index >= 15 is 0 Å². The van der Waals surface area contributed by atoms with E-state index < -0.39 is 5.97 Å². The first-order valence-electron chi connectivity index (χ1n) is 2.94. The quantitative estimate of drug-likeness (QED) is 0.695. The summed E-state index contributed by atoms with van der Waals surface area (Å²) < 4.78 is 0. The van der Waals surface area contributed by atoms with Crippen molar-refractivity contribution < 1.29 is 9.90 Å². The fraction of sp³-hybridized carbons (Fsp3) is 0.833. The Labute approximate surface area is 63.4 Å². The molecule has 0 saturated heterocycles. The van der Waals surface area contributed by atoms with Gasteiger partial charge in [-0.25, -0.2) is 0 Å². The van der Waals surface area contributed by atoms with Crippen molar-refractivity contribution in [1.82, 2.24) is 0 Å². The Kier molecular flexibility index (Phi) is 4.77. The number of carboxylic acid groups (broad SMARTS) is 1. The van der Waals surface area contributed by atoms with Gasteiger partial charge in [0.2, 0.25) is 0 Å². The van der Waals surface area contributed by atoms with Crippen LogP contribution in [0.2, 0.25) is 0 Å². The molecular formula is C6H11BrO2. The molecule has 0 amide bonds. The summed E-state index contributed by atoms with van der Waals surface area (Å²) >= 11 is 3.27. The van der Waals surface area contributed by atoms with Gasteiger partial charge in [-0.1, -0.05) is 22.9 Å². The maximum absolute atomic E-state index is 10.0. The summed E-state index contributed by atoms with van der Waals surface area (Å²) in [6.07, 6.45) is 1.05. The highest BCUT2D eigenvalue weighted by atomic mass is 79.9. The van der Waals surface area contributed by atoms with E-state index in [1.54, 1.807) is 0 Å². The third-order valence-corrected chi connectivity index (χ3v) is 2.22. The highest BCUT2D eigenvalue weighted by molar-refractivity contribution is 9.09. The molecule has 0 aromatic rings. The third-order valence-electron chi connectivity index (χ3n) is 1.11. The first-order valence-corrected chi connectivity index (χ1v) is 4.06. The first kappa shape index (κ1) is 8.95. The Morgan fingerprint density at radius 2 is 2.33 bits per heavy atom. The lowest BCUT2D eigenvalue weighted by molar-refractivity contribution is -0.137. The minimum atomic E-state index is -0.706. The molecule has 0 aromatic heterocycles. The van der Waals surface area contributed by atoms with Crippen molar-refractivity contribution in [3.63, 3.8) is 0 Å². The molecule has 1 unspecified atom stereocenters. The summed E-state index contributed by atoms with van der Waals surface area (Å²) in [4.78, 5) is 10.0. The van der Waals surface area contributed by atoms with Crippen LogP contribution in [-0.2, 0) is 4.79 Å². The number of hydrogen-bond acceptors (Lipinski definition) is 1. The zero-order valence-corrected chi connectivity index (χ0v) is 7.02. The Morgan fingerprint density at radius 1 is 1.78 bits per heavy atom. The molecule has 0 bridgehead atoms. The van der Waals surface area contributed by atoms with Crippen LogP contribution in [0, 0.1) is 5.92 Å². The average Bonchev–Trinajstić information content (AvgIpc) is 1.83. The average molecular weight is 195 g/mol. The summed E-state index contributed by atoms with van der Waals surface area (Å²) in [5.74, 6) is -0.233.